The summed E-state index contributed by atoms with van der Waals surface area (Å²) in [5.41, 5.74) is 19.3. The molecule has 2 aliphatic rings. The van der Waals surface area contributed by atoms with Crippen LogP contribution in [-0.4, -0.2) is 71.6 Å². The third kappa shape index (κ3) is 6.64. The highest BCUT2D eigenvalue weighted by Crippen LogP contribution is 2.37. The first-order valence-corrected chi connectivity index (χ1v) is 16.0. The largest absolute Gasteiger partial charge is 0.481 e. The van der Waals surface area contributed by atoms with E-state index in [1.165, 1.54) is 0 Å². The Hall–Kier alpha value is -4.58. The number of hydrogen-bond acceptors (Lipinski definition) is 7. The first kappa shape index (κ1) is 33.8. The molecule has 7 N–H and O–H groups in total. The number of fused-ring (bicyclic) bond motifs is 8. The van der Waals surface area contributed by atoms with Crippen LogP contribution in [0.15, 0.2) is 24.3 Å². The molecular formula is C36H43N5O6. The van der Waals surface area contributed by atoms with Crippen molar-refractivity contribution < 1.29 is 30.0 Å². The molecule has 0 aliphatic carbocycles. The summed E-state index contributed by atoms with van der Waals surface area (Å²) in [4.78, 5) is 36.9. The van der Waals surface area contributed by atoms with Gasteiger partial charge in [-0.05, 0) is 122 Å². The first-order valence-electron chi connectivity index (χ1n) is 16.0. The Labute approximate surface area is 273 Å². The highest BCUT2D eigenvalue weighted by Gasteiger charge is 2.22. The Morgan fingerprint density at radius 2 is 1.26 bits per heavy atom. The van der Waals surface area contributed by atoms with Gasteiger partial charge in [0.05, 0.1) is 22.8 Å². The van der Waals surface area contributed by atoms with Crippen LogP contribution in [0.1, 0.15) is 84.6 Å². The Morgan fingerprint density at radius 3 is 1.83 bits per heavy atom. The summed E-state index contributed by atoms with van der Waals surface area (Å²) in [7, 11) is 0. The third-order valence-electron chi connectivity index (χ3n) is 9.32. The SMILES string of the molecule is CC1=C(CCO)c2cc3[nH]c(cc4nc(cc5c(C)c(CCO)c(cc1n2)n5CCN)C(C)=C4CCC(=O)O)c(CCC(=O)O)c3C. The van der Waals surface area contributed by atoms with Gasteiger partial charge in [0.2, 0.25) is 0 Å². The lowest BCUT2D eigenvalue weighted by Gasteiger charge is -2.06. The van der Waals surface area contributed by atoms with Crippen LogP contribution in [0, 0.1) is 13.8 Å². The molecule has 0 saturated heterocycles. The van der Waals surface area contributed by atoms with Crippen molar-refractivity contribution in [1.82, 2.24) is 19.5 Å². The highest BCUT2D eigenvalue weighted by atomic mass is 16.4. The van der Waals surface area contributed by atoms with E-state index >= 15 is 0 Å². The van der Waals surface area contributed by atoms with Crippen molar-refractivity contribution in [3.8, 4) is 0 Å². The Balaban J connectivity index is 1.99. The Bertz CT molecular complexity index is 1980. The molecule has 5 rings (SSSR count). The summed E-state index contributed by atoms with van der Waals surface area (Å²) in [5.74, 6) is -1.82. The maximum atomic E-state index is 11.7. The van der Waals surface area contributed by atoms with Gasteiger partial charge in [0.15, 0.2) is 0 Å². The number of aromatic nitrogens is 4. The lowest BCUT2D eigenvalue weighted by Crippen LogP contribution is -2.09. The lowest BCUT2D eigenvalue weighted by atomic mass is 10.00. The van der Waals surface area contributed by atoms with E-state index < -0.39 is 11.9 Å². The predicted molar refractivity (Wildman–Crippen MR) is 183 cm³/mol. The van der Waals surface area contributed by atoms with Crippen LogP contribution in [0.2, 0.25) is 0 Å². The predicted octanol–water partition coefficient (Wildman–Crippen LogP) is 5.02. The number of nitrogens with one attached hydrogen (secondary N) is 1. The summed E-state index contributed by atoms with van der Waals surface area (Å²) >= 11 is 0. The van der Waals surface area contributed by atoms with Gasteiger partial charge >= 0.3 is 11.9 Å². The van der Waals surface area contributed by atoms with E-state index in [1.807, 2.05) is 52.0 Å². The minimum absolute atomic E-state index is 0.0412. The van der Waals surface area contributed by atoms with Gasteiger partial charge in [0.1, 0.15) is 0 Å². The monoisotopic (exact) mass is 641 g/mol. The van der Waals surface area contributed by atoms with Crippen molar-refractivity contribution in [3.63, 3.8) is 0 Å². The van der Waals surface area contributed by atoms with Crippen molar-refractivity contribution in [3.05, 3.63) is 69.3 Å². The second-order valence-electron chi connectivity index (χ2n) is 12.2. The topological polar surface area (TPSA) is 188 Å². The van der Waals surface area contributed by atoms with Gasteiger partial charge in [-0.2, -0.15) is 0 Å². The summed E-state index contributed by atoms with van der Waals surface area (Å²) in [6.45, 7) is 8.68. The van der Waals surface area contributed by atoms with Crippen molar-refractivity contribution in [2.45, 2.75) is 72.8 Å². The number of rotatable bonds is 12. The van der Waals surface area contributed by atoms with Crippen LogP contribution >= 0.6 is 0 Å². The smallest absolute Gasteiger partial charge is 0.303 e. The molecule has 5 heterocycles. The quantitative estimate of drug-likeness (QED) is 0.158. The van der Waals surface area contributed by atoms with E-state index in [-0.39, 0.29) is 32.5 Å². The van der Waals surface area contributed by atoms with Gasteiger partial charge in [0, 0.05) is 61.2 Å². The zero-order chi connectivity index (χ0) is 34.0. The number of aryl methyl sites for hydroxylation is 3. The van der Waals surface area contributed by atoms with Crippen LogP contribution in [0.25, 0.3) is 44.4 Å². The molecule has 0 atom stereocenters. The van der Waals surface area contributed by atoms with Crippen molar-refractivity contribution in [2.75, 3.05) is 19.8 Å². The van der Waals surface area contributed by atoms with Gasteiger partial charge in [-0.3, -0.25) is 9.59 Å². The molecule has 0 spiro atoms. The lowest BCUT2D eigenvalue weighted by molar-refractivity contribution is -0.137. The van der Waals surface area contributed by atoms with E-state index in [2.05, 4.69) is 9.55 Å². The number of aliphatic hydroxyl groups is 2. The number of carboxylic acids is 2. The molecule has 3 aromatic heterocycles. The molecule has 248 valence electrons. The number of carboxylic acid groups (broad SMARTS) is 2. The standard InChI is InChI=1S/C36H43N5O6/c1-19-23(5-7-35(44)45)31-16-32-24(6-8-36(46)47)20(2)28(39-32)17-33-22(4)26(10-14-43)34(41(33)12-11-37)18-29-21(3)25(9-13-42)30(40-29)15-27(19)38-31/h15-18,38,42-43H,5-14,37H2,1-4H3,(H,44,45)(H,46,47). The van der Waals surface area contributed by atoms with Crippen LogP contribution < -0.4 is 5.73 Å². The number of carbonyl (C=O) groups is 2. The van der Waals surface area contributed by atoms with Gasteiger partial charge in [-0.15, -0.1) is 0 Å². The number of aromatic amines is 1. The zero-order valence-electron chi connectivity index (χ0n) is 27.4. The molecular weight excluding hydrogens is 598 g/mol. The molecule has 47 heavy (non-hydrogen) atoms. The van der Waals surface area contributed by atoms with Gasteiger partial charge in [0.25, 0.3) is 0 Å². The molecule has 11 nitrogen and oxygen atoms in total. The number of H-pyrrole nitrogens is 1. The minimum atomic E-state index is -0.910. The van der Waals surface area contributed by atoms with E-state index in [1.54, 1.807) is 0 Å². The maximum absolute atomic E-state index is 11.7. The van der Waals surface area contributed by atoms with Crippen LogP contribution in [0.3, 0.4) is 0 Å². The summed E-state index contributed by atoms with van der Waals surface area (Å²) < 4.78 is 2.13. The molecule has 11 heteroatoms. The Kier molecular flexibility index (Phi) is 10.1. The normalized spacial score (nSPS) is 13.2. The van der Waals surface area contributed by atoms with Gasteiger partial charge in [-0.25, -0.2) is 9.97 Å². The number of nitrogens with zero attached hydrogens (tertiary/aromatic N) is 3. The minimum Gasteiger partial charge on any atom is -0.481 e. The number of allylic oxidation sites excluding steroid dienone is 3. The van der Waals surface area contributed by atoms with Crippen molar-refractivity contribution >= 4 is 56.3 Å². The molecule has 0 amide bonds. The molecule has 8 bridgehead atoms. The fraction of sp³-hybridized carbons (Fsp3) is 0.389. The second-order valence-corrected chi connectivity index (χ2v) is 12.2. The molecule has 3 aromatic rings. The van der Waals surface area contributed by atoms with Crippen LogP contribution in [0.4, 0.5) is 0 Å². The number of aliphatic carboxylic acids is 2. The van der Waals surface area contributed by atoms with Crippen molar-refractivity contribution in [2.24, 2.45) is 5.73 Å². The summed E-state index contributed by atoms with van der Waals surface area (Å²) in [5, 5.41) is 39.2. The average Bonchev–Trinajstić information content (AvgIpc) is 3.65. The fourth-order valence-corrected chi connectivity index (χ4v) is 6.77. The number of aliphatic hydroxyl groups excluding tert-OH is 2. The highest BCUT2D eigenvalue weighted by molar-refractivity contribution is 5.95. The number of nitrogens with two attached hydrogens (primary N) is 1. The molecule has 2 aliphatic heterocycles. The fourth-order valence-electron chi connectivity index (χ4n) is 6.77. The van der Waals surface area contributed by atoms with E-state index in [0.29, 0.717) is 55.0 Å². The van der Waals surface area contributed by atoms with E-state index in [4.69, 9.17) is 15.7 Å². The molecule has 0 aromatic carbocycles. The van der Waals surface area contributed by atoms with Gasteiger partial charge < -0.3 is 35.7 Å². The zero-order valence-corrected chi connectivity index (χ0v) is 27.4. The summed E-state index contributed by atoms with van der Waals surface area (Å²) in [6, 6.07) is 7.86. The average molecular weight is 642 g/mol. The van der Waals surface area contributed by atoms with Crippen LogP contribution in [-0.2, 0) is 29.0 Å². The van der Waals surface area contributed by atoms with E-state index in [9.17, 15) is 30.0 Å². The molecule has 0 unspecified atom stereocenters. The molecule has 0 fully saturated rings. The van der Waals surface area contributed by atoms with Gasteiger partial charge in [-0.1, -0.05) is 0 Å². The summed E-state index contributed by atoms with van der Waals surface area (Å²) in [6.07, 6.45) is 1.27. The molecule has 0 radical (unpaired) electrons. The number of hydrogen-bond donors (Lipinski definition) is 6. The van der Waals surface area contributed by atoms with E-state index in [0.717, 1.165) is 66.8 Å². The van der Waals surface area contributed by atoms with Crippen LogP contribution in [0.5, 0.6) is 0 Å². The first-order chi connectivity index (χ1) is 22.5. The maximum Gasteiger partial charge on any atom is 0.303 e. The third-order valence-corrected chi connectivity index (χ3v) is 9.32. The second kappa shape index (κ2) is 14.0. The van der Waals surface area contributed by atoms with Crippen molar-refractivity contribution in [1.29, 1.82) is 0 Å². The molecule has 0 saturated carbocycles. The Morgan fingerprint density at radius 1 is 0.702 bits per heavy atom.